The summed E-state index contributed by atoms with van der Waals surface area (Å²) in [5, 5.41) is 4.18. The van der Waals surface area contributed by atoms with Crippen molar-refractivity contribution in [3.63, 3.8) is 0 Å². The Morgan fingerprint density at radius 2 is 2.40 bits per heavy atom. The quantitative estimate of drug-likeness (QED) is 0.836. The molecule has 0 aliphatic heterocycles. The molecule has 0 aliphatic carbocycles. The van der Waals surface area contributed by atoms with Gasteiger partial charge < -0.3 is 5.32 Å². The molecule has 0 unspecified atom stereocenters. The molecule has 2 rings (SSSR count). The molecule has 0 atom stereocenters. The van der Waals surface area contributed by atoms with Crippen LogP contribution >= 0.6 is 34.6 Å². The monoisotopic (exact) mass is 258 g/mol. The highest BCUT2D eigenvalue weighted by molar-refractivity contribution is 8.00. The largest absolute Gasteiger partial charge is 0.362 e. The van der Waals surface area contributed by atoms with Gasteiger partial charge in [-0.3, -0.25) is 0 Å². The fourth-order valence-corrected chi connectivity index (χ4v) is 3.31. The Labute approximate surface area is 100 Å². The van der Waals surface area contributed by atoms with E-state index in [0.717, 1.165) is 21.8 Å². The topological polar surface area (TPSA) is 50.7 Å². The van der Waals surface area contributed by atoms with E-state index < -0.39 is 0 Å². The first-order valence-electron chi connectivity index (χ1n) is 4.46. The first kappa shape index (κ1) is 10.8. The second-order valence-corrected chi connectivity index (χ2v) is 5.78. The molecule has 0 fully saturated rings. The molecule has 0 aromatic carbocycles. The SMILES string of the molecule is CCNc1ncc(CSc2ncns2)s1. The maximum Gasteiger partial charge on any atom is 0.182 e. The lowest BCUT2D eigenvalue weighted by Crippen LogP contribution is -1.94. The van der Waals surface area contributed by atoms with Crippen molar-refractivity contribution in [2.75, 3.05) is 11.9 Å². The molecule has 0 saturated heterocycles. The van der Waals surface area contributed by atoms with Crippen LogP contribution in [-0.2, 0) is 5.75 Å². The lowest BCUT2D eigenvalue weighted by molar-refractivity contribution is 1.19. The maximum atomic E-state index is 4.27. The smallest absolute Gasteiger partial charge is 0.182 e. The highest BCUT2D eigenvalue weighted by atomic mass is 32.2. The van der Waals surface area contributed by atoms with Gasteiger partial charge in [-0.25, -0.2) is 9.97 Å². The van der Waals surface area contributed by atoms with Crippen LogP contribution in [0.3, 0.4) is 0 Å². The van der Waals surface area contributed by atoms with Gasteiger partial charge in [0.2, 0.25) is 0 Å². The van der Waals surface area contributed by atoms with E-state index in [-0.39, 0.29) is 0 Å². The van der Waals surface area contributed by atoms with Gasteiger partial charge in [0.15, 0.2) is 9.47 Å². The second-order valence-electron chi connectivity index (χ2n) is 2.66. The van der Waals surface area contributed by atoms with Crippen LogP contribution in [0.2, 0.25) is 0 Å². The van der Waals surface area contributed by atoms with E-state index in [9.17, 15) is 0 Å². The summed E-state index contributed by atoms with van der Waals surface area (Å²) in [7, 11) is 0. The van der Waals surface area contributed by atoms with Crippen molar-refractivity contribution in [1.29, 1.82) is 0 Å². The zero-order valence-corrected chi connectivity index (χ0v) is 10.6. The van der Waals surface area contributed by atoms with Crippen molar-refractivity contribution in [3.8, 4) is 0 Å². The molecule has 2 aromatic rings. The first-order chi connectivity index (χ1) is 7.38. The summed E-state index contributed by atoms with van der Waals surface area (Å²) < 4.78 is 4.96. The third-order valence-corrected chi connectivity index (χ3v) is 4.54. The molecule has 2 aromatic heterocycles. The van der Waals surface area contributed by atoms with Gasteiger partial charge in [-0.05, 0) is 18.5 Å². The van der Waals surface area contributed by atoms with Crippen LogP contribution in [0.25, 0.3) is 0 Å². The Balaban J connectivity index is 1.88. The Hall–Kier alpha value is -0.660. The zero-order valence-electron chi connectivity index (χ0n) is 8.14. The predicted octanol–water partition coefficient (Wildman–Crippen LogP) is 2.72. The molecule has 2 heterocycles. The van der Waals surface area contributed by atoms with Gasteiger partial charge in [-0.15, -0.1) is 11.3 Å². The molecule has 0 radical (unpaired) electrons. The molecule has 0 spiro atoms. The number of rotatable bonds is 5. The summed E-state index contributed by atoms with van der Waals surface area (Å²) in [6, 6.07) is 0. The number of thioether (sulfide) groups is 1. The molecule has 0 amide bonds. The van der Waals surface area contributed by atoms with Crippen LogP contribution in [0.5, 0.6) is 0 Å². The van der Waals surface area contributed by atoms with Gasteiger partial charge in [-0.2, -0.15) is 4.37 Å². The van der Waals surface area contributed by atoms with E-state index in [2.05, 4.69) is 26.6 Å². The van der Waals surface area contributed by atoms with E-state index in [1.54, 1.807) is 29.4 Å². The summed E-state index contributed by atoms with van der Waals surface area (Å²) in [5.74, 6) is 0.915. The minimum Gasteiger partial charge on any atom is -0.362 e. The molecule has 0 saturated carbocycles. The third kappa shape index (κ3) is 3.15. The number of thiazole rings is 1. The van der Waals surface area contributed by atoms with Crippen LogP contribution < -0.4 is 5.32 Å². The standard InChI is InChI=1S/C8H10N4S3/c1-2-9-7-10-3-6(14-7)4-13-8-11-5-12-15-8/h3,5H,2,4H2,1H3,(H,9,10). The Morgan fingerprint density at radius 3 is 3.13 bits per heavy atom. The highest BCUT2D eigenvalue weighted by Gasteiger charge is 2.03. The average Bonchev–Trinajstić information content (AvgIpc) is 2.85. The van der Waals surface area contributed by atoms with Crippen LogP contribution in [0.15, 0.2) is 16.9 Å². The fraction of sp³-hybridized carbons (Fsp3) is 0.375. The second kappa shape index (κ2) is 5.43. The maximum absolute atomic E-state index is 4.27. The Kier molecular flexibility index (Phi) is 3.93. The lowest BCUT2D eigenvalue weighted by Gasteiger charge is -1.94. The van der Waals surface area contributed by atoms with Gasteiger partial charge in [0.05, 0.1) is 0 Å². The molecule has 15 heavy (non-hydrogen) atoms. The van der Waals surface area contributed by atoms with E-state index in [4.69, 9.17) is 0 Å². The van der Waals surface area contributed by atoms with Gasteiger partial charge in [0.1, 0.15) is 6.33 Å². The van der Waals surface area contributed by atoms with Crippen LogP contribution in [0.4, 0.5) is 5.13 Å². The van der Waals surface area contributed by atoms with Crippen molar-refractivity contribution < 1.29 is 0 Å². The number of nitrogens with zero attached hydrogens (tertiary/aromatic N) is 3. The van der Waals surface area contributed by atoms with Crippen molar-refractivity contribution >= 4 is 39.8 Å². The number of hydrogen-bond acceptors (Lipinski definition) is 7. The van der Waals surface area contributed by atoms with Crippen LogP contribution in [0, 0.1) is 0 Å². The summed E-state index contributed by atoms with van der Waals surface area (Å²) in [4.78, 5) is 9.64. The number of anilines is 1. The van der Waals surface area contributed by atoms with Crippen molar-refractivity contribution in [2.45, 2.75) is 17.0 Å². The van der Waals surface area contributed by atoms with Crippen LogP contribution in [-0.4, -0.2) is 20.9 Å². The van der Waals surface area contributed by atoms with Crippen molar-refractivity contribution in [3.05, 3.63) is 17.4 Å². The molecular formula is C8H10N4S3. The molecule has 4 nitrogen and oxygen atoms in total. The van der Waals surface area contributed by atoms with E-state index in [0.29, 0.717) is 0 Å². The molecule has 0 aliphatic rings. The van der Waals surface area contributed by atoms with E-state index >= 15 is 0 Å². The minimum atomic E-state index is 0.913. The third-order valence-electron chi connectivity index (χ3n) is 1.56. The number of hydrogen-bond donors (Lipinski definition) is 1. The highest BCUT2D eigenvalue weighted by Crippen LogP contribution is 2.27. The first-order valence-corrected chi connectivity index (χ1v) is 7.04. The summed E-state index contributed by atoms with van der Waals surface area (Å²) in [5.41, 5.74) is 0. The normalized spacial score (nSPS) is 10.5. The van der Waals surface area contributed by atoms with Crippen LogP contribution in [0.1, 0.15) is 11.8 Å². The van der Waals surface area contributed by atoms with E-state index in [1.807, 2.05) is 6.20 Å². The number of aromatic nitrogens is 3. The lowest BCUT2D eigenvalue weighted by atomic mass is 10.6. The number of nitrogens with one attached hydrogen (secondary N) is 1. The molecular weight excluding hydrogens is 248 g/mol. The summed E-state index contributed by atoms with van der Waals surface area (Å²) >= 11 is 4.82. The van der Waals surface area contributed by atoms with E-state index in [1.165, 1.54) is 16.4 Å². The van der Waals surface area contributed by atoms with Crippen molar-refractivity contribution in [2.24, 2.45) is 0 Å². The average molecular weight is 258 g/mol. The van der Waals surface area contributed by atoms with Gasteiger partial charge in [0.25, 0.3) is 0 Å². The molecule has 7 heteroatoms. The van der Waals surface area contributed by atoms with Gasteiger partial charge in [-0.1, -0.05) is 11.8 Å². The minimum absolute atomic E-state index is 0.913. The zero-order chi connectivity index (χ0) is 10.5. The summed E-state index contributed by atoms with van der Waals surface area (Å²) in [6.45, 7) is 2.98. The Morgan fingerprint density at radius 1 is 1.47 bits per heavy atom. The molecule has 0 bridgehead atoms. The predicted molar refractivity (Wildman–Crippen MR) is 65.7 cm³/mol. The van der Waals surface area contributed by atoms with Gasteiger partial charge in [0, 0.05) is 23.4 Å². The van der Waals surface area contributed by atoms with Gasteiger partial charge >= 0.3 is 0 Å². The Bertz CT molecular complexity index is 398. The molecule has 80 valence electrons. The fourth-order valence-electron chi connectivity index (χ4n) is 0.967. The molecule has 1 N–H and O–H groups in total. The van der Waals surface area contributed by atoms with Crippen molar-refractivity contribution in [1.82, 2.24) is 14.3 Å². The summed E-state index contributed by atoms with van der Waals surface area (Å²) in [6.07, 6.45) is 3.50.